The average Bonchev–Trinajstić information content (AvgIpc) is 2.42. The molecule has 2 aromatic rings. The lowest BCUT2D eigenvalue weighted by atomic mass is 10.3. The molecular weight excluding hydrogens is 424 g/mol. The number of hydrogen-bond acceptors (Lipinski definition) is 4. The molecule has 0 fully saturated rings. The van der Waals surface area contributed by atoms with Crippen molar-refractivity contribution in [3.8, 4) is 5.75 Å². The average molecular weight is 436 g/mol. The lowest BCUT2D eigenvalue weighted by molar-refractivity contribution is 0.412. The summed E-state index contributed by atoms with van der Waals surface area (Å²) in [5.74, 6) is 0.511. The SMILES string of the molecule is COc1cc(NS(=O)(=O)c2ccccc2N)c(Br)cc1Br. The zero-order valence-corrected chi connectivity index (χ0v) is 14.9. The Morgan fingerprint density at radius 3 is 2.43 bits per heavy atom. The molecule has 2 aromatic carbocycles. The van der Waals surface area contributed by atoms with Crippen LogP contribution in [0.4, 0.5) is 11.4 Å². The van der Waals surface area contributed by atoms with E-state index in [2.05, 4.69) is 36.6 Å². The van der Waals surface area contributed by atoms with Crippen molar-refractivity contribution >= 4 is 53.3 Å². The molecule has 3 N–H and O–H groups in total. The minimum Gasteiger partial charge on any atom is -0.495 e. The second kappa shape index (κ2) is 6.25. The van der Waals surface area contributed by atoms with Crippen LogP contribution in [0.1, 0.15) is 0 Å². The first-order valence-electron chi connectivity index (χ1n) is 5.75. The number of rotatable bonds is 4. The maximum atomic E-state index is 12.4. The highest BCUT2D eigenvalue weighted by atomic mass is 79.9. The molecule has 0 aromatic heterocycles. The molecule has 0 saturated heterocycles. The quantitative estimate of drug-likeness (QED) is 0.718. The smallest absolute Gasteiger partial charge is 0.263 e. The molecule has 0 amide bonds. The lowest BCUT2D eigenvalue weighted by Crippen LogP contribution is -2.15. The molecule has 112 valence electrons. The number of nitrogens with one attached hydrogen (secondary N) is 1. The van der Waals surface area contributed by atoms with Gasteiger partial charge in [0.25, 0.3) is 10.0 Å². The first kappa shape index (κ1) is 16.1. The third kappa shape index (κ3) is 3.50. The van der Waals surface area contributed by atoms with Crippen LogP contribution >= 0.6 is 31.9 Å². The van der Waals surface area contributed by atoms with E-state index < -0.39 is 10.0 Å². The van der Waals surface area contributed by atoms with Crippen LogP contribution < -0.4 is 15.2 Å². The van der Waals surface area contributed by atoms with Crippen molar-refractivity contribution in [2.75, 3.05) is 17.6 Å². The number of methoxy groups -OCH3 is 1. The summed E-state index contributed by atoms with van der Waals surface area (Å²) in [6.07, 6.45) is 0. The topological polar surface area (TPSA) is 81.4 Å². The standard InChI is InChI=1S/C13H12Br2N2O3S/c1-20-12-7-11(8(14)6-9(12)15)17-21(18,19)13-5-3-2-4-10(13)16/h2-7,17H,16H2,1H3. The monoisotopic (exact) mass is 434 g/mol. The van der Waals surface area contributed by atoms with E-state index in [1.807, 2.05) is 0 Å². The molecule has 0 bridgehead atoms. The zero-order valence-electron chi connectivity index (χ0n) is 10.9. The van der Waals surface area contributed by atoms with Gasteiger partial charge in [0.15, 0.2) is 0 Å². The molecule has 5 nitrogen and oxygen atoms in total. The molecular formula is C13H12Br2N2O3S. The second-order valence-corrected chi connectivity index (χ2v) is 7.47. The lowest BCUT2D eigenvalue weighted by Gasteiger charge is -2.13. The number of benzene rings is 2. The summed E-state index contributed by atoms with van der Waals surface area (Å²) in [7, 11) is -2.28. The van der Waals surface area contributed by atoms with Gasteiger partial charge in [-0.3, -0.25) is 4.72 Å². The van der Waals surface area contributed by atoms with Gasteiger partial charge in [0.05, 0.1) is 23.0 Å². The molecule has 0 aliphatic carbocycles. The van der Waals surface area contributed by atoms with Crippen molar-refractivity contribution in [3.05, 3.63) is 45.3 Å². The molecule has 0 heterocycles. The van der Waals surface area contributed by atoms with Crippen molar-refractivity contribution in [2.45, 2.75) is 4.90 Å². The summed E-state index contributed by atoms with van der Waals surface area (Å²) in [6, 6.07) is 9.54. The summed E-state index contributed by atoms with van der Waals surface area (Å²) in [5, 5.41) is 0. The van der Waals surface area contributed by atoms with Crippen LogP contribution in [0.2, 0.25) is 0 Å². The minimum atomic E-state index is -3.78. The van der Waals surface area contributed by atoms with Crippen LogP contribution in [-0.2, 0) is 10.0 Å². The van der Waals surface area contributed by atoms with E-state index in [1.165, 1.54) is 19.2 Å². The van der Waals surface area contributed by atoms with Crippen LogP contribution in [0.5, 0.6) is 5.75 Å². The number of ether oxygens (including phenoxy) is 1. The third-order valence-corrected chi connectivity index (χ3v) is 5.41. The maximum absolute atomic E-state index is 12.4. The molecule has 0 unspecified atom stereocenters. The van der Waals surface area contributed by atoms with Gasteiger partial charge >= 0.3 is 0 Å². The molecule has 21 heavy (non-hydrogen) atoms. The number of halogens is 2. The van der Waals surface area contributed by atoms with Gasteiger partial charge in [0.1, 0.15) is 10.6 Å². The number of anilines is 2. The summed E-state index contributed by atoms with van der Waals surface area (Å²) >= 11 is 6.64. The normalized spacial score (nSPS) is 11.2. The predicted octanol–water partition coefficient (Wildman–Crippen LogP) is 3.60. The van der Waals surface area contributed by atoms with Gasteiger partial charge in [-0.25, -0.2) is 8.42 Å². The molecule has 0 atom stereocenters. The Kier molecular flexibility index (Phi) is 4.80. The van der Waals surface area contributed by atoms with E-state index in [1.54, 1.807) is 24.3 Å². The Morgan fingerprint density at radius 1 is 1.14 bits per heavy atom. The van der Waals surface area contributed by atoms with Crippen molar-refractivity contribution in [1.82, 2.24) is 0 Å². The van der Waals surface area contributed by atoms with Gasteiger partial charge in [0, 0.05) is 10.5 Å². The molecule has 8 heteroatoms. The fourth-order valence-electron chi connectivity index (χ4n) is 1.69. The Balaban J connectivity index is 2.44. The molecule has 0 aliphatic heterocycles. The summed E-state index contributed by atoms with van der Waals surface area (Å²) in [5.41, 5.74) is 6.26. The van der Waals surface area contributed by atoms with Crippen LogP contribution in [0, 0.1) is 0 Å². The van der Waals surface area contributed by atoms with Gasteiger partial charge in [-0.2, -0.15) is 0 Å². The first-order chi connectivity index (χ1) is 9.85. The van der Waals surface area contributed by atoms with Crippen LogP contribution in [-0.4, -0.2) is 15.5 Å². The second-order valence-electron chi connectivity index (χ2n) is 4.11. The van der Waals surface area contributed by atoms with Crippen molar-refractivity contribution in [3.63, 3.8) is 0 Å². The van der Waals surface area contributed by atoms with E-state index in [4.69, 9.17) is 10.5 Å². The number of sulfonamides is 1. The van der Waals surface area contributed by atoms with Crippen molar-refractivity contribution < 1.29 is 13.2 Å². The van der Waals surface area contributed by atoms with Gasteiger partial charge in [-0.1, -0.05) is 12.1 Å². The van der Waals surface area contributed by atoms with Gasteiger partial charge in [0.2, 0.25) is 0 Å². The molecule has 0 aliphatic rings. The minimum absolute atomic E-state index is 0.0267. The van der Waals surface area contributed by atoms with Crippen LogP contribution in [0.25, 0.3) is 0 Å². The number of nitrogen functional groups attached to an aromatic ring is 1. The number of hydrogen-bond donors (Lipinski definition) is 2. The fraction of sp³-hybridized carbons (Fsp3) is 0.0769. The van der Waals surface area contributed by atoms with E-state index in [0.29, 0.717) is 20.4 Å². The molecule has 0 spiro atoms. The van der Waals surface area contributed by atoms with Gasteiger partial charge in [-0.15, -0.1) is 0 Å². The third-order valence-electron chi connectivity index (χ3n) is 2.69. The summed E-state index contributed by atoms with van der Waals surface area (Å²) < 4.78 is 33.7. The molecule has 2 rings (SSSR count). The molecule has 0 radical (unpaired) electrons. The maximum Gasteiger partial charge on any atom is 0.263 e. The summed E-state index contributed by atoms with van der Waals surface area (Å²) in [4.78, 5) is 0.0267. The Bertz CT molecular complexity index is 779. The molecule has 0 saturated carbocycles. The van der Waals surface area contributed by atoms with Crippen LogP contribution in [0.15, 0.2) is 50.2 Å². The van der Waals surface area contributed by atoms with E-state index in [0.717, 1.165) is 0 Å². The highest BCUT2D eigenvalue weighted by molar-refractivity contribution is 9.11. The highest BCUT2D eigenvalue weighted by Gasteiger charge is 2.19. The Morgan fingerprint density at radius 2 is 1.81 bits per heavy atom. The number of nitrogens with two attached hydrogens (primary N) is 1. The van der Waals surface area contributed by atoms with Crippen LogP contribution in [0.3, 0.4) is 0 Å². The van der Waals surface area contributed by atoms with E-state index in [-0.39, 0.29) is 10.6 Å². The van der Waals surface area contributed by atoms with Gasteiger partial charge in [-0.05, 0) is 50.1 Å². The highest BCUT2D eigenvalue weighted by Crippen LogP contribution is 2.35. The van der Waals surface area contributed by atoms with Gasteiger partial charge < -0.3 is 10.5 Å². The Hall–Kier alpha value is -1.25. The van der Waals surface area contributed by atoms with Crippen molar-refractivity contribution in [2.24, 2.45) is 0 Å². The fourth-order valence-corrected chi connectivity index (χ4v) is 4.28. The van der Waals surface area contributed by atoms with E-state index in [9.17, 15) is 8.42 Å². The first-order valence-corrected chi connectivity index (χ1v) is 8.82. The van der Waals surface area contributed by atoms with E-state index >= 15 is 0 Å². The van der Waals surface area contributed by atoms with Crippen molar-refractivity contribution in [1.29, 1.82) is 0 Å². The predicted molar refractivity (Wildman–Crippen MR) is 90.1 cm³/mol. The largest absolute Gasteiger partial charge is 0.495 e. The number of para-hydroxylation sites is 1. The summed E-state index contributed by atoms with van der Waals surface area (Å²) in [6.45, 7) is 0. The zero-order chi connectivity index (χ0) is 15.6. The Labute approximate surface area is 139 Å².